The molecule has 3 rings (SSSR count). The molecule has 1 saturated carbocycles. The normalized spacial score (nSPS) is 19.8. The highest BCUT2D eigenvalue weighted by atomic mass is 16.6. The lowest BCUT2D eigenvalue weighted by Gasteiger charge is -2.35. The third-order valence-corrected chi connectivity index (χ3v) is 5.63. The number of hydrogen-bond acceptors (Lipinski definition) is 6. The number of esters is 1. The molecule has 1 aliphatic heterocycles. The van der Waals surface area contributed by atoms with E-state index >= 15 is 0 Å². The molecule has 0 radical (unpaired) electrons. The summed E-state index contributed by atoms with van der Waals surface area (Å²) >= 11 is 0. The van der Waals surface area contributed by atoms with Crippen molar-refractivity contribution in [1.29, 1.82) is 0 Å². The number of nitrogens with zero attached hydrogens (tertiary/aromatic N) is 3. The van der Waals surface area contributed by atoms with Crippen LogP contribution in [0.5, 0.6) is 0 Å². The van der Waals surface area contributed by atoms with Crippen LogP contribution in [-0.4, -0.2) is 51.8 Å². The van der Waals surface area contributed by atoms with Crippen LogP contribution in [0.3, 0.4) is 0 Å². The molecule has 3 amide bonds. The van der Waals surface area contributed by atoms with Crippen LogP contribution in [0, 0.1) is 10.1 Å². The highest BCUT2D eigenvalue weighted by molar-refractivity contribution is 6.08. The Labute approximate surface area is 162 Å². The lowest BCUT2D eigenvalue weighted by molar-refractivity contribution is -0.385. The molecule has 1 aromatic rings. The van der Waals surface area contributed by atoms with E-state index in [0.717, 1.165) is 24.2 Å². The number of likely N-dealkylation sites (N-methyl/N-ethyl adjacent to an activating group) is 1. The van der Waals surface area contributed by atoms with Crippen molar-refractivity contribution in [2.24, 2.45) is 0 Å². The van der Waals surface area contributed by atoms with E-state index in [1.807, 2.05) is 0 Å². The first-order chi connectivity index (χ1) is 13.3. The molecule has 1 aliphatic carbocycles. The topological polar surface area (TPSA) is 110 Å². The van der Waals surface area contributed by atoms with Gasteiger partial charge in [0.25, 0.3) is 11.6 Å². The van der Waals surface area contributed by atoms with Crippen LogP contribution < -0.4 is 0 Å². The molecule has 28 heavy (non-hydrogen) atoms. The minimum Gasteiger partial charge on any atom is -0.456 e. The van der Waals surface area contributed by atoms with Crippen molar-refractivity contribution >= 4 is 23.6 Å². The second kappa shape index (κ2) is 7.57. The predicted octanol–water partition coefficient (Wildman–Crippen LogP) is 2.80. The van der Waals surface area contributed by atoms with Gasteiger partial charge in [0, 0.05) is 19.2 Å². The number of ether oxygens (including phenoxy) is 1. The predicted molar refractivity (Wildman–Crippen MR) is 98.3 cm³/mol. The number of imide groups is 1. The molecule has 1 heterocycles. The maximum atomic E-state index is 12.9. The lowest BCUT2D eigenvalue weighted by Crippen LogP contribution is -2.49. The number of carbonyl (C=O) groups excluding carboxylic acids is 3. The fourth-order valence-corrected chi connectivity index (χ4v) is 3.99. The Bertz CT molecular complexity index is 818. The molecular weight excluding hydrogens is 366 g/mol. The molecule has 1 aromatic carbocycles. The molecule has 1 saturated heterocycles. The summed E-state index contributed by atoms with van der Waals surface area (Å²) in [6.07, 6.45) is 3.21. The molecule has 0 bridgehead atoms. The van der Waals surface area contributed by atoms with E-state index in [-0.39, 0.29) is 11.6 Å². The van der Waals surface area contributed by atoms with Gasteiger partial charge >= 0.3 is 12.0 Å². The van der Waals surface area contributed by atoms with Crippen LogP contribution in [0.2, 0.25) is 0 Å². The number of non-ortho nitro benzene ring substituents is 1. The zero-order valence-corrected chi connectivity index (χ0v) is 15.9. The van der Waals surface area contributed by atoms with Gasteiger partial charge in [-0.25, -0.2) is 4.79 Å². The summed E-state index contributed by atoms with van der Waals surface area (Å²) in [5.41, 5.74) is -0.491. The zero-order chi connectivity index (χ0) is 20.5. The zero-order valence-electron chi connectivity index (χ0n) is 15.9. The standard InChI is InChI=1S/C19H23N3O6/c1-13(14-7-6-8-15(11-14)22(26)27)28-16(23)12-21-17(24)19(20(2)18(21)25)9-4-3-5-10-19/h6-8,11,13H,3-5,9-10,12H2,1-2H3/t13-/m0/s1. The van der Waals surface area contributed by atoms with Crippen LogP contribution in [-0.2, 0) is 14.3 Å². The van der Waals surface area contributed by atoms with Gasteiger partial charge in [-0.3, -0.25) is 24.6 Å². The number of hydrogen-bond donors (Lipinski definition) is 0. The van der Waals surface area contributed by atoms with Gasteiger partial charge < -0.3 is 9.64 Å². The Morgan fingerprint density at radius 2 is 1.96 bits per heavy atom. The second-order valence-corrected chi connectivity index (χ2v) is 7.31. The first-order valence-electron chi connectivity index (χ1n) is 9.30. The second-order valence-electron chi connectivity index (χ2n) is 7.31. The number of nitro groups is 1. The minimum absolute atomic E-state index is 0.105. The van der Waals surface area contributed by atoms with Gasteiger partial charge in [0.2, 0.25) is 0 Å². The lowest BCUT2D eigenvalue weighted by atomic mass is 9.81. The summed E-state index contributed by atoms with van der Waals surface area (Å²) in [7, 11) is 1.60. The highest BCUT2D eigenvalue weighted by Gasteiger charge is 2.56. The Morgan fingerprint density at radius 1 is 1.29 bits per heavy atom. The number of carbonyl (C=O) groups is 3. The summed E-state index contributed by atoms with van der Waals surface area (Å²) in [6.45, 7) is 1.11. The van der Waals surface area contributed by atoms with E-state index in [1.54, 1.807) is 20.0 Å². The smallest absolute Gasteiger partial charge is 0.327 e. The average molecular weight is 389 g/mol. The van der Waals surface area contributed by atoms with Crippen LogP contribution in [0.4, 0.5) is 10.5 Å². The maximum Gasteiger partial charge on any atom is 0.327 e. The molecule has 9 nitrogen and oxygen atoms in total. The molecule has 0 unspecified atom stereocenters. The third-order valence-electron chi connectivity index (χ3n) is 5.63. The Morgan fingerprint density at radius 3 is 2.61 bits per heavy atom. The van der Waals surface area contributed by atoms with Crippen molar-refractivity contribution < 1.29 is 24.0 Å². The number of benzene rings is 1. The maximum absolute atomic E-state index is 12.9. The van der Waals surface area contributed by atoms with Crippen molar-refractivity contribution in [3.8, 4) is 0 Å². The largest absolute Gasteiger partial charge is 0.456 e. The summed E-state index contributed by atoms with van der Waals surface area (Å²) in [5, 5.41) is 10.9. The van der Waals surface area contributed by atoms with Gasteiger partial charge in [-0.05, 0) is 25.3 Å². The fourth-order valence-electron chi connectivity index (χ4n) is 3.99. The monoisotopic (exact) mass is 389 g/mol. The summed E-state index contributed by atoms with van der Waals surface area (Å²) in [4.78, 5) is 50.6. The van der Waals surface area contributed by atoms with Gasteiger partial charge in [0.1, 0.15) is 18.2 Å². The summed E-state index contributed by atoms with van der Waals surface area (Å²) < 4.78 is 5.31. The van der Waals surface area contributed by atoms with Gasteiger partial charge in [-0.15, -0.1) is 0 Å². The molecule has 2 fully saturated rings. The van der Waals surface area contributed by atoms with E-state index in [1.165, 1.54) is 23.1 Å². The Hall–Kier alpha value is -2.97. The van der Waals surface area contributed by atoms with Crippen LogP contribution in [0.1, 0.15) is 50.7 Å². The highest BCUT2D eigenvalue weighted by Crippen LogP contribution is 2.39. The van der Waals surface area contributed by atoms with Crippen molar-refractivity contribution in [3.05, 3.63) is 39.9 Å². The van der Waals surface area contributed by atoms with E-state index in [4.69, 9.17) is 4.74 Å². The average Bonchev–Trinajstić information content (AvgIpc) is 2.85. The third kappa shape index (κ3) is 3.44. The molecule has 9 heteroatoms. The quantitative estimate of drug-likeness (QED) is 0.331. The van der Waals surface area contributed by atoms with Crippen molar-refractivity contribution in [2.75, 3.05) is 13.6 Å². The van der Waals surface area contributed by atoms with Gasteiger partial charge in [0.15, 0.2) is 0 Å². The first kappa shape index (κ1) is 19.8. The molecule has 1 spiro atoms. The number of amides is 3. The fraction of sp³-hybridized carbons (Fsp3) is 0.526. The van der Waals surface area contributed by atoms with Crippen LogP contribution in [0.15, 0.2) is 24.3 Å². The summed E-state index contributed by atoms with van der Waals surface area (Å²) in [6, 6.07) is 5.30. The van der Waals surface area contributed by atoms with E-state index in [9.17, 15) is 24.5 Å². The van der Waals surface area contributed by atoms with E-state index < -0.39 is 35.1 Å². The molecule has 0 aromatic heterocycles. The summed E-state index contributed by atoms with van der Waals surface area (Å²) in [5.74, 6) is -1.08. The molecule has 1 atom stereocenters. The van der Waals surface area contributed by atoms with Gasteiger partial charge in [0.05, 0.1) is 4.92 Å². The van der Waals surface area contributed by atoms with E-state index in [0.29, 0.717) is 18.4 Å². The van der Waals surface area contributed by atoms with Gasteiger partial charge in [-0.2, -0.15) is 0 Å². The van der Waals surface area contributed by atoms with E-state index in [2.05, 4.69) is 0 Å². The molecule has 150 valence electrons. The number of nitro benzene ring substituents is 1. The molecular formula is C19H23N3O6. The Balaban J connectivity index is 1.67. The van der Waals surface area contributed by atoms with Crippen molar-refractivity contribution in [2.45, 2.75) is 50.7 Å². The molecule has 0 N–H and O–H groups in total. The number of rotatable bonds is 5. The SMILES string of the molecule is C[C@H](OC(=O)CN1C(=O)N(C)C2(CCCCC2)C1=O)c1cccc([N+](=O)[O-])c1. The van der Waals surface area contributed by atoms with Crippen LogP contribution >= 0.6 is 0 Å². The van der Waals surface area contributed by atoms with Gasteiger partial charge in [-0.1, -0.05) is 31.4 Å². The Kier molecular flexibility index (Phi) is 5.35. The van der Waals surface area contributed by atoms with Crippen molar-refractivity contribution in [1.82, 2.24) is 9.80 Å². The first-order valence-corrected chi connectivity index (χ1v) is 9.30. The number of urea groups is 1. The minimum atomic E-state index is -0.846. The van der Waals surface area contributed by atoms with Crippen molar-refractivity contribution in [3.63, 3.8) is 0 Å². The van der Waals surface area contributed by atoms with Crippen LogP contribution in [0.25, 0.3) is 0 Å². The molecule has 2 aliphatic rings.